The molecule has 1 N–H and O–H groups in total. The van der Waals surface area contributed by atoms with Gasteiger partial charge < -0.3 is 14.8 Å². The summed E-state index contributed by atoms with van der Waals surface area (Å²) in [5.74, 6) is -1.57. The van der Waals surface area contributed by atoms with Crippen LogP contribution in [0.15, 0.2) is 18.2 Å². The molecule has 0 aliphatic heterocycles. The molecule has 0 aliphatic rings. The Morgan fingerprint density at radius 3 is 2.30 bits per heavy atom. The molecule has 0 radical (unpaired) electrons. The topological polar surface area (TPSA) is 81.7 Å². The van der Waals surface area contributed by atoms with Crippen LogP contribution in [0.25, 0.3) is 0 Å². The van der Waals surface area contributed by atoms with Gasteiger partial charge in [0.05, 0.1) is 5.56 Å². The first kappa shape index (κ1) is 15.7. The van der Waals surface area contributed by atoms with Crippen molar-refractivity contribution in [2.75, 3.05) is 6.54 Å². The highest BCUT2D eigenvalue weighted by molar-refractivity contribution is 5.98. The van der Waals surface area contributed by atoms with Crippen molar-refractivity contribution in [2.24, 2.45) is 0 Å². The normalized spacial score (nSPS) is 9.75. The van der Waals surface area contributed by atoms with E-state index in [1.807, 2.05) is 6.92 Å². The molecule has 0 fully saturated rings. The number of carbonyl (C=O) groups excluding carboxylic acids is 3. The van der Waals surface area contributed by atoms with Crippen molar-refractivity contribution in [3.05, 3.63) is 23.8 Å². The molecule has 0 atom stereocenters. The van der Waals surface area contributed by atoms with Gasteiger partial charge in [-0.1, -0.05) is 13.0 Å². The Balaban J connectivity index is 3.17. The number of benzene rings is 1. The second-order valence-corrected chi connectivity index (χ2v) is 4.08. The lowest BCUT2D eigenvalue weighted by Gasteiger charge is -2.13. The Hall–Kier alpha value is -2.37. The van der Waals surface area contributed by atoms with Gasteiger partial charge in [-0.2, -0.15) is 0 Å². The van der Waals surface area contributed by atoms with Crippen LogP contribution in [0.5, 0.6) is 11.5 Å². The summed E-state index contributed by atoms with van der Waals surface area (Å²) in [6.07, 6.45) is 0.776. The summed E-state index contributed by atoms with van der Waals surface area (Å²) in [5, 5.41) is 2.67. The number of amides is 1. The third-order valence-corrected chi connectivity index (χ3v) is 2.26. The Labute approximate surface area is 117 Å². The van der Waals surface area contributed by atoms with E-state index < -0.39 is 17.8 Å². The van der Waals surface area contributed by atoms with Crippen LogP contribution in [0.2, 0.25) is 0 Å². The molecule has 0 bridgehead atoms. The van der Waals surface area contributed by atoms with Crippen LogP contribution in [0.1, 0.15) is 37.6 Å². The van der Waals surface area contributed by atoms with E-state index in [-0.39, 0.29) is 17.1 Å². The highest BCUT2D eigenvalue weighted by atomic mass is 16.6. The fraction of sp³-hybridized carbons (Fsp3) is 0.357. The summed E-state index contributed by atoms with van der Waals surface area (Å²) in [6, 6.07) is 4.50. The quantitative estimate of drug-likeness (QED) is 0.655. The fourth-order valence-corrected chi connectivity index (χ4v) is 1.51. The second kappa shape index (κ2) is 7.28. The molecular formula is C14H17NO5. The van der Waals surface area contributed by atoms with E-state index in [0.29, 0.717) is 6.54 Å². The van der Waals surface area contributed by atoms with E-state index >= 15 is 0 Å². The van der Waals surface area contributed by atoms with Gasteiger partial charge in [0.1, 0.15) is 0 Å². The maximum absolute atomic E-state index is 12.0. The zero-order chi connectivity index (χ0) is 15.1. The average molecular weight is 279 g/mol. The highest BCUT2D eigenvalue weighted by Crippen LogP contribution is 2.31. The molecule has 1 rings (SSSR count). The van der Waals surface area contributed by atoms with Gasteiger partial charge >= 0.3 is 11.9 Å². The Bertz CT molecular complexity index is 524. The molecule has 0 saturated heterocycles. The molecule has 0 aromatic heterocycles. The van der Waals surface area contributed by atoms with Gasteiger partial charge in [0.2, 0.25) is 0 Å². The summed E-state index contributed by atoms with van der Waals surface area (Å²) in [6.45, 7) is 4.85. The molecule has 1 amide bonds. The predicted molar refractivity (Wildman–Crippen MR) is 71.7 cm³/mol. The van der Waals surface area contributed by atoms with Crippen molar-refractivity contribution in [3.8, 4) is 11.5 Å². The minimum atomic E-state index is -0.603. The molecule has 0 unspecified atom stereocenters. The first-order valence-corrected chi connectivity index (χ1v) is 6.23. The molecule has 1 aromatic rings. The summed E-state index contributed by atoms with van der Waals surface area (Å²) in [4.78, 5) is 34.2. The molecule has 0 heterocycles. The maximum Gasteiger partial charge on any atom is 0.308 e. The zero-order valence-corrected chi connectivity index (χ0v) is 11.7. The minimum absolute atomic E-state index is 0.0387. The number of hydrogen-bond acceptors (Lipinski definition) is 5. The molecule has 1 aromatic carbocycles. The lowest BCUT2D eigenvalue weighted by molar-refractivity contribution is -0.134. The van der Waals surface area contributed by atoms with Crippen LogP contribution in [0.4, 0.5) is 0 Å². The van der Waals surface area contributed by atoms with Crippen LogP contribution >= 0.6 is 0 Å². The third-order valence-electron chi connectivity index (χ3n) is 2.26. The lowest BCUT2D eigenvalue weighted by atomic mass is 10.1. The van der Waals surface area contributed by atoms with Gasteiger partial charge in [-0.25, -0.2) is 0 Å². The van der Waals surface area contributed by atoms with Gasteiger partial charge in [0, 0.05) is 20.4 Å². The van der Waals surface area contributed by atoms with Gasteiger partial charge in [-0.15, -0.1) is 0 Å². The van der Waals surface area contributed by atoms with Crippen molar-refractivity contribution >= 4 is 17.8 Å². The SMILES string of the molecule is CCCNC(=O)c1cccc(OC(C)=O)c1OC(C)=O. The zero-order valence-electron chi connectivity index (χ0n) is 11.7. The largest absolute Gasteiger partial charge is 0.423 e. The fourth-order valence-electron chi connectivity index (χ4n) is 1.51. The van der Waals surface area contributed by atoms with Crippen molar-refractivity contribution < 1.29 is 23.9 Å². The molecule has 6 heteroatoms. The highest BCUT2D eigenvalue weighted by Gasteiger charge is 2.19. The van der Waals surface area contributed by atoms with Crippen molar-refractivity contribution in [1.29, 1.82) is 0 Å². The standard InChI is InChI=1S/C14H17NO5/c1-4-8-15-14(18)11-6-5-7-12(19-9(2)16)13(11)20-10(3)17/h5-7H,4,8H2,1-3H3,(H,15,18). The van der Waals surface area contributed by atoms with Crippen molar-refractivity contribution in [1.82, 2.24) is 5.32 Å². The summed E-state index contributed by atoms with van der Waals surface area (Å²) >= 11 is 0. The van der Waals surface area contributed by atoms with E-state index in [2.05, 4.69) is 5.32 Å². The predicted octanol–water partition coefficient (Wildman–Crippen LogP) is 1.68. The van der Waals surface area contributed by atoms with Crippen LogP contribution in [0, 0.1) is 0 Å². The number of nitrogens with one attached hydrogen (secondary N) is 1. The van der Waals surface area contributed by atoms with Crippen LogP contribution in [-0.2, 0) is 9.59 Å². The summed E-state index contributed by atoms with van der Waals surface area (Å²) in [5.41, 5.74) is 0.146. The number of esters is 2. The number of carbonyl (C=O) groups is 3. The number of para-hydroxylation sites is 1. The van der Waals surface area contributed by atoms with E-state index in [9.17, 15) is 14.4 Å². The van der Waals surface area contributed by atoms with Crippen LogP contribution in [0.3, 0.4) is 0 Å². The molecule has 108 valence electrons. The van der Waals surface area contributed by atoms with Gasteiger partial charge in [0.25, 0.3) is 5.91 Å². The molecule has 0 saturated carbocycles. The van der Waals surface area contributed by atoms with Crippen molar-refractivity contribution in [3.63, 3.8) is 0 Å². The Kier molecular flexibility index (Phi) is 5.71. The van der Waals surface area contributed by atoms with Gasteiger partial charge in [-0.05, 0) is 18.6 Å². The van der Waals surface area contributed by atoms with E-state index in [1.165, 1.54) is 26.0 Å². The van der Waals surface area contributed by atoms with Gasteiger partial charge in [0.15, 0.2) is 11.5 Å². The lowest BCUT2D eigenvalue weighted by Crippen LogP contribution is -2.25. The number of hydrogen-bond donors (Lipinski definition) is 1. The summed E-state index contributed by atoms with van der Waals surface area (Å²) in [7, 11) is 0. The van der Waals surface area contributed by atoms with Gasteiger partial charge in [-0.3, -0.25) is 14.4 Å². The molecule has 20 heavy (non-hydrogen) atoms. The molecular weight excluding hydrogens is 262 g/mol. The first-order valence-electron chi connectivity index (χ1n) is 6.23. The number of ether oxygens (including phenoxy) is 2. The van der Waals surface area contributed by atoms with Crippen molar-refractivity contribution in [2.45, 2.75) is 27.2 Å². The van der Waals surface area contributed by atoms with E-state index in [4.69, 9.17) is 9.47 Å². The number of rotatable bonds is 5. The minimum Gasteiger partial charge on any atom is -0.423 e. The average Bonchev–Trinajstić information content (AvgIpc) is 2.36. The Morgan fingerprint density at radius 2 is 1.75 bits per heavy atom. The monoisotopic (exact) mass is 279 g/mol. The summed E-state index contributed by atoms with van der Waals surface area (Å²) < 4.78 is 9.95. The van der Waals surface area contributed by atoms with E-state index in [1.54, 1.807) is 6.07 Å². The first-order chi connectivity index (χ1) is 9.45. The Morgan fingerprint density at radius 1 is 1.10 bits per heavy atom. The van der Waals surface area contributed by atoms with Crippen LogP contribution in [-0.4, -0.2) is 24.4 Å². The van der Waals surface area contributed by atoms with E-state index in [0.717, 1.165) is 6.42 Å². The molecule has 0 aliphatic carbocycles. The molecule has 6 nitrogen and oxygen atoms in total. The molecule has 0 spiro atoms. The second-order valence-electron chi connectivity index (χ2n) is 4.08. The van der Waals surface area contributed by atoms with Crippen LogP contribution < -0.4 is 14.8 Å². The smallest absolute Gasteiger partial charge is 0.308 e. The third kappa shape index (κ3) is 4.38. The maximum atomic E-state index is 12.0.